The fourth-order valence-corrected chi connectivity index (χ4v) is 1.54. The van der Waals surface area contributed by atoms with Crippen LogP contribution >= 0.6 is 0 Å². The van der Waals surface area contributed by atoms with Gasteiger partial charge in [-0.25, -0.2) is 13.6 Å². The number of pyridine rings is 1. The predicted molar refractivity (Wildman–Crippen MR) is 50.7 cm³/mol. The largest absolute Gasteiger partial charge is 0.264 e. The molecule has 0 saturated carbocycles. The Kier molecular flexibility index (Phi) is 3.00. The highest BCUT2D eigenvalue weighted by Gasteiger charge is 2.04. The highest BCUT2D eigenvalue weighted by molar-refractivity contribution is 7.89. The van der Waals surface area contributed by atoms with Crippen molar-refractivity contribution in [2.45, 2.75) is 13.3 Å². The summed E-state index contributed by atoms with van der Waals surface area (Å²) in [5, 5.41) is 4.89. The van der Waals surface area contributed by atoms with Gasteiger partial charge in [0.2, 0.25) is 10.0 Å². The molecule has 0 aliphatic rings. The first kappa shape index (κ1) is 10.1. The van der Waals surface area contributed by atoms with E-state index in [4.69, 9.17) is 5.14 Å². The number of aryl methyl sites for hydroxylation is 2. The van der Waals surface area contributed by atoms with Gasteiger partial charge in [-0.2, -0.15) is 0 Å². The van der Waals surface area contributed by atoms with Crippen LogP contribution in [0.3, 0.4) is 0 Å². The molecule has 1 aromatic heterocycles. The lowest BCUT2D eigenvalue weighted by Gasteiger charge is -2.02. The fourth-order valence-electron chi connectivity index (χ4n) is 1.03. The van der Waals surface area contributed by atoms with Crippen LogP contribution in [-0.4, -0.2) is 19.2 Å². The maximum atomic E-state index is 10.7. The number of nitrogens with zero attached hydrogens (tertiary/aromatic N) is 1. The summed E-state index contributed by atoms with van der Waals surface area (Å²) in [7, 11) is -3.36. The van der Waals surface area contributed by atoms with Crippen molar-refractivity contribution >= 4 is 10.0 Å². The van der Waals surface area contributed by atoms with Crippen molar-refractivity contribution in [3.05, 3.63) is 29.6 Å². The topological polar surface area (TPSA) is 73.0 Å². The molecule has 0 aromatic carbocycles. The highest BCUT2D eigenvalue weighted by Crippen LogP contribution is 2.06. The summed E-state index contributed by atoms with van der Waals surface area (Å²) in [5.41, 5.74) is 1.97. The minimum Gasteiger partial charge on any atom is -0.264 e. The molecule has 0 aliphatic carbocycles. The Morgan fingerprint density at radius 2 is 2.23 bits per heavy atom. The molecule has 0 unspecified atom stereocenters. The van der Waals surface area contributed by atoms with Crippen molar-refractivity contribution in [1.29, 1.82) is 0 Å². The zero-order valence-electron chi connectivity index (χ0n) is 7.40. The molecule has 0 atom stereocenters. The van der Waals surface area contributed by atoms with Gasteiger partial charge in [-0.15, -0.1) is 0 Å². The molecule has 2 N–H and O–H groups in total. The normalized spacial score (nSPS) is 11.5. The van der Waals surface area contributed by atoms with Gasteiger partial charge in [0.1, 0.15) is 0 Å². The summed E-state index contributed by atoms with van der Waals surface area (Å²) in [6.45, 7) is 1.89. The first-order valence-electron chi connectivity index (χ1n) is 3.89. The van der Waals surface area contributed by atoms with Gasteiger partial charge in [-0.3, -0.25) is 4.98 Å². The zero-order chi connectivity index (χ0) is 9.90. The lowest BCUT2D eigenvalue weighted by atomic mass is 10.1. The second-order valence-corrected chi connectivity index (χ2v) is 4.65. The number of aromatic nitrogens is 1. The summed E-state index contributed by atoms with van der Waals surface area (Å²) < 4.78 is 21.4. The van der Waals surface area contributed by atoms with Crippen LogP contribution in [0, 0.1) is 6.92 Å². The van der Waals surface area contributed by atoms with Crippen LogP contribution in [-0.2, 0) is 16.4 Å². The van der Waals surface area contributed by atoms with Crippen LogP contribution in [0.25, 0.3) is 0 Å². The summed E-state index contributed by atoms with van der Waals surface area (Å²) in [6, 6.07) is 1.81. The number of nitrogens with two attached hydrogens (primary N) is 1. The van der Waals surface area contributed by atoms with Crippen LogP contribution in [0.5, 0.6) is 0 Å². The number of hydrogen-bond acceptors (Lipinski definition) is 3. The van der Waals surface area contributed by atoms with Crippen LogP contribution in [0.15, 0.2) is 18.5 Å². The average Bonchev–Trinajstić information content (AvgIpc) is 2.01. The minimum absolute atomic E-state index is 0.0160. The van der Waals surface area contributed by atoms with Gasteiger partial charge in [0.05, 0.1) is 5.75 Å². The van der Waals surface area contributed by atoms with Crippen molar-refractivity contribution in [2.75, 3.05) is 5.75 Å². The SMILES string of the molecule is Cc1cnccc1CCS(N)(=O)=O. The zero-order valence-corrected chi connectivity index (χ0v) is 8.21. The van der Waals surface area contributed by atoms with E-state index in [1.807, 2.05) is 6.92 Å². The van der Waals surface area contributed by atoms with Gasteiger partial charge in [-0.1, -0.05) is 0 Å². The summed E-state index contributed by atoms with van der Waals surface area (Å²) in [6.07, 6.45) is 3.80. The summed E-state index contributed by atoms with van der Waals surface area (Å²) >= 11 is 0. The van der Waals surface area contributed by atoms with Crippen LogP contribution < -0.4 is 5.14 Å². The maximum Gasteiger partial charge on any atom is 0.209 e. The van der Waals surface area contributed by atoms with Crippen LogP contribution in [0.1, 0.15) is 11.1 Å². The second-order valence-electron chi connectivity index (χ2n) is 2.92. The van der Waals surface area contributed by atoms with Gasteiger partial charge in [0.25, 0.3) is 0 Å². The molecule has 4 nitrogen and oxygen atoms in total. The molecular weight excluding hydrogens is 188 g/mol. The molecular formula is C8H12N2O2S. The molecule has 13 heavy (non-hydrogen) atoms. The van der Waals surface area contributed by atoms with Crippen molar-refractivity contribution in [3.63, 3.8) is 0 Å². The van der Waals surface area contributed by atoms with Crippen LogP contribution in [0.2, 0.25) is 0 Å². The number of primary sulfonamides is 1. The van der Waals surface area contributed by atoms with E-state index in [2.05, 4.69) is 4.98 Å². The lowest BCUT2D eigenvalue weighted by molar-refractivity contribution is 0.597. The number of hydrogen-bond donors (Lipinski definition) is 1. The van der Waals surface area contributed by atoms with E-state index in [9.17, 15) is 8.42 Å². The van der Waals surface area contributed by atoms with Gasteiger partial charge in [0, 0.05) is 12.4 Å². The van der Waals surface area contributed by atoms with Crippen molar-refractivity contribution in [3.8, 4) is 0 Å². The predicted octanol–water partition coefficient (Wildman–Crippen LogP) is 0.221. The van der Waals surface area contributed by atoms with E-state index in [0.29, 0.717) is 6.42 Å². The first-order chi connectivity index (χ1) is 5.99. The summed E-state index contributed by atoms with van der Waals surface area (Å²) in [5.74, 6) is -0.0160. The molecule has 0 amide bonds. The molecule has 0 fully saturated rings. The second kappa shape index (κ2) is 3.85. The van der Waals surface area contributed by atoms with E-state index >= 15 is 0 Å². The van der Waals surface area contributed by atoms with Gasteiger partial charge >= 0.3 is 0 Å². The van der Waals surface area contributed by atoms with Crippen LogP contribution in [0.4, 0.5) is 0 Å². The molecule has 0 spiro atoms. The third-order valence-electron chi connectivity index (χ3n) is 1.79. The van der Waals surface area contributed by atoms with E-state index in [1.165, 1.54) is 0 Å². The van der Waals surface area contributed by atoms with Gasteiger partial charge in [-0.05, 0) is 30.5 Å². The summed E-state index contributed by atoms with van der Waals surface area (Å²) in [4.78, 5) is 3.91. The lowest BCUT2D eigenvalue weighted by Crippen LogP contribution is -2.18. The number of sulfonamides is 1. The Morgan fingerprint density at radius 3 is 2.77 bits per heavy atom. The Morgan fingerprint density at radius 1 is 1.54 bits per heavy atom. The quantitative estimate of drug-likeness (QED) is 0.758. The molecule has 0 aliphatic heterocycles. The molecule has 72 valence electrons. The average molecular weight is 200 g/mol. The first-order valence-corrected chi connectivity index (χ1v) is 5.60. The Hall–Kier alpha value is -0.940. The van der Waals surface area contributed by atoms with E-state index in [1.54, 1.807) is 18.5 Å². The number of rotatable bonds is 3. The Balaban J connectivity index is 2.71. The van der Waals surface area contributed by atoms with E-state index in [0.717, 1.165) is 11.1 Å². The van der Waals surface area contributed by atoms with Crippen molar-refractivity contribution < 1.29 is 8.42 Å². The van der Waals surface area contributed by atoms with E-state index < -0.39 is 10.0 Å². The fraction of sp³-hybridized carbons (Fsp3) is 0.375. The molecule has 0 bridgehead atoms. The van der Waals surface area contributed by atoms with Crippen molar-refractivity contribution in [1.82, 2.24) is 4.98 Å². The minimum atomic E-state index is -3.36. The van der Waals surface area contributed by atoms with Gasteiger partial charge in [0.15, 0.2) is 0 Å². The molecule has 1 heterocycles. The molecule has 0 radical (unpaired) electrons. The molecule has 0 saturated heterocycles. The van der Waals surface area contributed by atoms with Gasteiger partial charge < -0.3 is 0 Å². The third kappa shape index (κ3) is 3.52. The Bertz CT molecular complexity index is 387. The highest BCUT2D eigenvalue weighted by atomic mass is 32.2. The standard InChI is InChI=1S/C8H12N2O2S/c1-7-6-10-4-2-8(7)3-5-13(9,11)12/h2,4,6H,3,5H2,1H3,(H2,9,11,12). The molecule has 1 rings (SSSR count). The Labute approximate surface area is 77.8 Å². The maximum absolute atomic E-state index is 10.7. The third-order valence-corrected chi connectivity index (χ3v) is 2.57. The molecule has 1 aromatic rings. The monoisotopic (exact) mass is 200 g/mol. The van der Waals surface area contributed by atoms with E-state index in [-0.39, 0.29) is 5.75 Å². The smallest absolute Gasteiger partial charge is 0.209 e. The molecule has 5 heteroatoms. The van der Waals surface area contributed by atoms with Crippen molar-refractivity contribution in [2.24, 2.45) is 5.14 Å².